The zero-order valence-electron chi connectivity index (χ0n) is 15.0. The average Bonchev–Trinajstić information content (AvgIpc) is 2.68. The summed E-state index contributed by atoms with van der Waals surface area (Å²) in [4.78, 5) is 18.0. The van der Waals surface area contributed by atoms with E-state index in [9.17, 15) is 22.4 Å². The van der Waals surface area contributed by atoms with Crippen molar-refractivity contribution in [3.05, 3.63) is 64.2 Å². The van der Waals surface area contributed by atoms with Crippen LogP contribution in [-0.2, 0) is 19.0 Å². The van der Waals surface area contributed by atoms with Gasteiger partial charge in [-0.2, -0.15) is 13.2 Å². The summed E-state index contributed by atoms with van der Waals surface area (Å²) in [6, 6.07) is 5.23. The largest absolute Gasteiger partial charge is 0.433 e. The minimum absolute atomic E-state index is 0.117. The molecule has 2 aliphatic heterocycles. The maximum absolute atomic E-state index is 14.7. The van der Waals surface area contributed by atoms with Gasteiger partial charge in [0.2, 0.25) is 0 Å². The highest BCUT2D eigenvalue weighted by Gasteiger charge is 2.33. The lowest BCUT2D eigenvalue weighted by Gasteiger charge is -2.41. The number of nitrogens with zero attached hydrogens (tertiary/aromatic N) is 2. The van der Waals surface area contributed by atoms with Crippen molar-refractivity contribution < 1.29 is 22.4 Å². The van der Waals surface area contributed by atoms with Crippen LogP contribution < -0.4 is 5.32 Å². The van der Waals surface area contributed by atoms with Gasteiger partial charge < -0.3 is 5.32 Å². The third kappa shape index (κ3) is 3.66. The fourth-order valence-corrected chi connectivity index (χ4v) is 3.97. The molecule has 4 nitrogen and oxygen atoms in total. The molecule has 4 rings (SSSR count). The van der Waals surface area contributed by atoms with Gasteiger partial charge in [0, 0.05) is 50.4 Å². The molecule has 2 aromatic rings. The monoisotopic (exact) mass is 393 g/mol. The predicted molar refractivity (Wildman–Crippen MR) is 94.6 cm³/mol. The van der Waals surface area contributed by atoms with Gasteiger partial charge in [-0.05, 0) is 41.3 Å². The standard InChI is InChI=1S/C20H19F4N3O/c21-16-10-15-12(2-5-27-6-4-25-11-17(15)27)7-14(16)8-18(28)13-1-3-26-19(9-13)20(22,23)24/h1,3,7,9-10,17,25H,2,4-6,8,11H2/t17-/m0/s1. The van der Waals surface area contributed by atoms with Gasteiger partial charge in [0.05, 0.1) is 0 Å². The Hall–Kier alpha value is -2.32. The van der Waals surface area contributed by atoms with Crippen LogP contribution in [0.3, 0.4) is 0 Å². The number of rotatable bonds is 3. The molecule has 0 saturated carbocycles. The number of Topliss-reactive ketones (excluding diaryl/α,β-unsaturated/α-hetero) is 1. The minimum Gasteiger partial charge on any atom is -0.314 e. The van der Waals surface area contributed by atoms with Crippen LogP contribution in [0.1, 0.15) is 38.8 Å². The van der Waals surface area contributed by atoms with Crippen molar-refractivity contribution in [3.63, 3.8) is 0 Å². The number of pyridine rings is 1. The highest BCUT2D eigenvalue weighted by atomic mass is 19.4. The van der Waals surface area contributed by atoms with Crippen molar-refractivity contribution in [2.24, 2.45) is 0 Å². The van der Waals surface area contributed by atoms with Crippen LogP contribution in [0.15, 0.2) is 30.5 Å². The third-order valence-corrected chi connectivity index (χ3v) is 5.41. The first kappa shape index (κ1) is 19.0. The van der Waals surface area contributed by atoms with Crippen LogP contribution in [0, 0.1) is 5.82 Å². The Morgan fingerprint density at radius 2 is 2.07 bits per heavy atom. The number of fused-ring (bicyclic) bond motifs is 3. The van der Waals surface area contributed by atoms with Crippen LogP contribution in [0.25, 0.3) is 0 Å². The normalized spacial score (nSPS) is 19.8. The van der Waals surface area contributed by atoms with Gasteiger partial charge in [-0.15, -0.1) is 0 Å². The molecule has 28 heavy (non-hydrogen) atoms. The van der Waals surface area contributed by atoms with Crippen LogP contribution >= 0.6 is 0 Å². The number of halogens is 4. The molecule has 0 spiro atoms. The molecule has 0 unspecified atom stereocenters. The highest BCUT2D eigenvalue weighted by Crippen LogP contribution is 2.33. The Labute approximate surface area is 159 Å². The number of hydrogen-bond donors (Lipinski definition) is 1. The second-order valence-electron chi connectivity index (χ2n) is 7.18. The molecule has 1 N–H and O–H groups in total. The molecule has 0 aliphatic carbocycles. The van der Waals surface area contributed by atoms with Gasteiger partial charge in [-0.25, -0.2) is 4.39 Å². The topological polar surface area (TPSA) is 45.2 Å². The fraction of sp³-hybridized carbons (Fsp3) is 0.400. The van der Waals surface area contributed by atoms with E-state index in [0.29, 0.717) is 6.07 Å². The Morgan fingerprint density at radius 1 is 1.25 bits per heavy atom. The summed E-state index contributed by atoms with van der Waals surface area (Å²) in [6.07, 6.45) is -3.20. The molecule has 3 heterocycles. The number of piperazine rings is 1. The van der Waals surface area contributed by atoms with E-state index in [-0.39, 0.29) is 23.6 Å². The van der Waals surface area contributed by atoms with Crippen LogP contribution in [0.4, 0.5) is 17.6 Å². The molecule has 2 aliphatic rings. The van der Waals surface area contributed by atoms with Gasteiger partial charge in [-0.1, -0.05) is 6.07 Å². The smallest absolute Gasteiger partial charge is 0.314 e. The van der Waals surface area contributed by atoms with Crippen molar-refractivity contribution in [1.29, 1.82) is 0 Å². The molecular formula is C20H19F4N3O. The van der Waals surface area contributed by atoms with Crippen LogP contribution in [-0.4, -0.2) is 41.8 Å². The van der Waals surface area contributed by atoms with Crippen molar-refractivity contribution in [1.82, 2.24) is 15.2 Å². The molecule has 1 aromatic carbocycles. The molecule has 1 aromatic heterocycles. The van der Waals surface area contributed by atoms with E-state index in [1.807, 2.05) is 0 Å². The first-order valence-electron chi connectivity index (χ1n) is 9.15. The highest BCUT2D eigenvalue weighted by molar-refractivity contribution is 5.97. The van der Waals surface area contributed by atoms with Crippen molar-refractivity contribution >= 4 is 5.78 Å². The Bertz CT molecular complexity index is 913. The van der Waals surface area contributed by atoms with Gasteiger partial charge in [0.25, 0.3) is 0 Å². The molecule has 0 amide bonds. The number of benzene rings is 1. The summed E-state index contributed by atoms with van der Waals surface area (Å²) >= 11 is 0. The second-order valence-corrected chi connectivity index (χ2v) is 7.18. The molecular weight excluding hydrogens is 374 g/mol. The third-order valence-electron chi connectivity index (χ3n) is 5.41. The van der Waals surface area contributed by atoms with Crippen molar-refractivity contribution in [2.75, 3.05) is 26.2 Å². The summed E-state index contributed by atoms with van der Waals surface area (Å²) < 4.78 is 53.1. The Morgan fingerprint density at radius 3 is 2.86 bits per heavy atom. The second kappa shape index (κ2) is 7.25. The van der Waals surface area contributed by atoms with E-state index < -0.39 is 23.5 Å². The minimum atomic E-state index is -4.63. The number of ketones is 1. The molecule has 0 radical (unpaired) electrons. The first-order valence-corrected chi connectivity index (χ1v) is 9.15. The number of carbonyl (C=O) groups excluding carboxylic acids is 1. The van der Waals surface area contributed by atoms with E-state index in [4.69, 9.17) is 0 Å². The van der Waals surface area contributed by atoms with E-state index in [2.05, 4.69) is 15.2 Å². The maximum Gasteiger partial charge on any atom is 0.433 e. The lowest BCUT2D eigenvalue weighted by Crippen LogP contribution is -2.49. The maximum atomic E-state index is 14.7. The Kier molecular flexibility index (Phi) is 4.93. The van der Waals surface area contributed by atoms with Gasteiger partial charge in [0.15, 0.2) is 5.78 Å². The summed E-state index contributed by atoms with van der Waals surface area (Å²) in [7, 11) is 0. The molecule has 0 bridgehead atoms. The predicted octanol–water partition coefficient (Wildman–Crippen LogP) is 3.17. The van der Waals surface area contributed by atoms with E-state index >= 15 is 0 Å². The van der Waals surface area contributed by atoms with Gasteiger partial charge in [0.1, 0.15) is 11.5 Å². The van der Waals surface area contributed by atoms with E-state index in [0.717, 1.165) is 49.9 Å². The molecule has 1 fully saturated rings. The van der Waals surface area contributed by atoms with Crippen molar-refractivity contribution in [3.8, 4) is 0 Å². The number of hydrogen-bond acceptors (Lipinski definition) is 4. The lowest BCUT2D eigenvalue weighted by molar-refractivity contribution is -0.141. The summed E-state index contributed by atoms with van der Waals surface area (Å²) in [5.74, 6) is -1.06. The van der Waals surface area contributed by atoms with Gasteiger partial charge in [-0.3, -0.25) is 14.7 Å². The number of carbonyl (C=O) groups is 1. The fourth-order valence-electron chi connectivity index (χ4n) is 3.97. The van der Waals surface area contributed by atoms with Crippen molar-refractivity contribution in [2.45, 2.75) is 25.1 Å². The first-order chi connectivity index (χ1) is 13.3. The molecule has 1 atom stereocenters. The number of alkyl halides is 3. The summed E-state index contributed by atoms with van der Waals surface area (Å²) in [5.41, 5.74) is 0.887. The Balaban J connectivity index is 1.58. The lowest BCUT2D eigenvalue weighted by atomic mass is 9.88. The number of aromatic nitrogens is 1. The van der Waals surface area contributed by atoms with Crippen LogP contribution in [0.5, 0.6) is 0 Å². The zero-order chi connectivity index (χ0) is 19.9. The zero-order valence-corrected chi connectivity index (χ0v) is 15.0. The SMILES string of the molecule is O=C(Cc1cc2c(cc1F)[C@@H]1CNCCN1CC2)c1ccnc(C(F)(F)F)c1. The summed E-state index contributed by atoms with van der Waals surface area (Å²) in [6.45, 7) is 3.45. The number of nitrogens with one attached hydrogen (secondary N) is 1. The van der Waals surface area contributed by atoms with E-state index in [1.165, 1.54) is 12.1 Å². The summed E-state index contributed by atoms with van der Waals surface area (Å²) in [5, 5.41) is 3.31. The van der Waals surface area contributed by atoms with E-state index in [1.54, 1.807) is 6.07 Å². The van der Waals surface area contributed by atoms with Gasteiger partial charge >= 0.3 is 6.18 Å². The average molecular weight is 393 g/mol. The quantitative estimate of drug-likeness (QED) is 0.643. The molecule has 8 heteroatoms. The molecule has 1 saturated heterocycles. The van der Waals surface area contributed by atoms with Crippen LogP contribution in [0.2, 0.25) is 0 Å². The molecule has 148 valence electrons.